The summed E-state index contributed by atoms with van der Waals surface area (Å²) in [5.74, 6) is 0. The second kappa shape index (κ2) is 17.9. The maximum absolute atomic E-state index is 5.78. The van der Waals surface area contributed by atoms with E-state index in [1.807, 2.05) is 6.92 Å². The van der Waals surface area contributed by atoms with E-state index < -0.39 is 0 Å². The summed E-state index contributed by atoms with van der Waals surface area (Å²) < 4.78 is 11.1. The van der Waals surface area contributed by atoms with Crippen LogP contribution < -0.4 is 0 Å². The van der Waals surface area contributed by atoms with Gasteiger partial charge in [-0.05, 0) is 44.1 Å². The molecular formula is C21H46O2Si. The van der Waals surface area contributed by atoms with Crippen molar-refractivity contribution in [2.45, 2.75) is 111 Å². The Morgan fingerprint density at radius 1 is 0.667 bits per heavy atom. The third-order valence-electron chi connectivity index (χ3n) is 5.25. The Labute approximate surface area is 155 Å². The quantitative estimate of drug-likeness (QED) is 0.200. The molecule has 0 spiro atoms. The Bertz CT molecular complexity index is 224. The SMILES string of the molecule is CCCCC(CCCC)(CCCC)CCCC[SiH2]OCCOCC. The molecule has 0 unspecified atom stereocenters. The molecular weight excluding hydrogens is 312 g/mol. The highest BCUT2D eigenvalue weighted by Gasteiger charge is 2.27. The minimum Gasteiger partial charge on any atom is -0.422 e. The van der Waals surface area contributed by atoms with Crippen LogP contribution in [0.2, 0.25) is 6.04 Å². The van der Waals surface area contributed by atoms with Crippen LogP contribution in [0.25, 0.3) is 0 Å². The zero-order valence-electron chi connectivity index (χ0n) is 17.3. The van der Waals surface area contributed by atoms with Gasteiger partial charge in [-0.2, -0.15) is 0 Å². The zero-order valence-corrected chi connectivity index (χ0v) is 18.8. The molecule has 0 amide bonds. The molecule has 0 aliphatic rings. The molecule has 0 aromatic heterocycles. The fourth-order valence-corrected chi connectivity index (χ4v) is 4.73. The largest absolute Gasteiger partial charge is 0.422 e. The Balaban J connectivity index is 4.07. The first-order chi connectivity index (χ1) is 11.7. The van der Waals surface area contributed by atoms with Crippen molar-refractivity contribution in [3.05, 3.63) is 0 Å². The molecule has 0 rings (SSSR count). The number of hydrogen-bond acceptors (Lipinski definition) is 2. The molecule has 0 radical (unpaired) electrons. The molecule has 0 aromatic rings. The molecule has 0 fully saturated rings. The molecule has 0 saturated heterocycles. The highest BCUT2D eigenvalue weighted by Crippen LogP contribution is 2.41. The zero-order chi connectivity index (χ0) is 17.9. The summed E-state index contributed by atoms with van der Waals surface area (Å²) >= 11 is 0. The standard InChI is InChI=1S/C21H46O2Si/c1-5-9-14-21(15-10-6-2,16-11-7-3)17-12-13-20-24-23-19-18-22-8-4/h5-20,24H2,1-4H3. The summed E-state index contributed by atoms with van der Waals surface area (Å²) in [6, 6.07) is 1.34. The van der Waals surface area contributed by atoms with E-state index >= 15 is 0 Å². The average molecular weight is 359 g/mol. The van der Waals surface area contributed by atoms with Gasteiger partial charge in [0.25, 0.3) is 0 Å². The predicted octanol–water partition coefficient (Wildman–Crippen LogP) is 6.27. The van der Waals surface area contributed by atoms with Crippen molar-refractivity contribution in [3.8, 4) is 0 Å². The number of hydrogen-bond donors (Lipinski definition) is 0. The molecule has 24 heavy (non-hydrogen) atoms. The van der Waals surface area contributed by atoms with Gasteiger partial charge in [-0.1, -0.05) is 72.1 Å². The van der Waals surface area contributed by atoms with E-state index in [0.717, 1.165) is 19.8 Å². The van der Waals surface area contributed by atoms with Gasteiger partial charge in [0.2, 0.25) is 0 Å². The molecule has 0 saturated carbocycles. The van der Waals surface area contributed by atoms with Crippen LogP contribution in [-0.4, -0.2) is 29.6 Å². The van der Waals surface area contributed by atoms with E-state index in [9.17, 15) is 0 Å². The van der Waals surface area contributed by atoms with Crippen molar-refractivity contribution in [2.24, 2.45) is 5.41 Å². The third kappa shape index (κ3) is 13.4. The normalized spacial score (nSPS) is 12.5. The van der Waals surface area contributed by atoms with Crippen LogP contribution in [0.3, 0.4) is 0 Å². The Hall–Kier alpha value is 0.137. The topological polar surface area (TPSA) is 18.5 Å². The minimum absolute atomic E-state index is 0.308. The van der Waals surface area contributed by atoms with E-state index in [2.05, 4.69) is 20.8 Å². The van der Waals surface area contributed by atoms with E-state index in [1.165, 1.54) is 83.1 Å². The Morgan fingerprint density at radius 3 is 1.71 bits per heavy atom. The van der Waals surface area contributed by atoms with Crippen LogP contribution in [0.15, 0.2) is 0 Å². The summed E-state index contributed by atoms with van der Waals surface area (Å²) in [4.78, 5) is 0. The molecule has 146 valence electrons. The van der Waals surface area contributed by atoms with Crippen LogP contribution in [0.5, 0.6) is 0 Å². The number of rotatable bonds is 19. The lowest BCUT2D eigenvalue weighted by Gasteiger charge is -2.35. The maximum Gasteiger partial charge on any atom is 0.161 e. The second-order valence-electron chi connectivity index (χ2n) is 7.43. The molecule has 2 nitrogen and oxygen atoms in total. The first-order valence-corrected chi connectivity index (χ1v) is 12.5. The summed E-state index contributed by atoms with van der Waals surface area (Å²) in [7, 11) is -0.308. The van der Waals surface area contributed by atoms with Crippen LogP contribution in [-0.2, 0) is 9.16 Å². The van der Waals surface area contributed by atoms with Gasteiger partial charge in [0.1, 0.15) is 0 Å². The second-order valence-corrected chi connectivity index (χ2v) is 8.95. The van der Waals surface area contributed by atoms with Gasteiger partial charge in [0, 0.05) is 6.61 Å². The Kier molecular flexibility index (Phi) is 18.0. The van der Waals surface area contributed by atoms with Crippen molar-refractivity contribution in [1.29, 1.82) is 0 Å². The van der Waals surface area contributed by atoms with Crippen molar-refractivity contribution < 1.29 is 9.16 Å². The average Bonchev–Trinajstić information content (AvgIpc) is 2.61. The summed E-state index contributed by atoms with van der Waals surface area (Å²) in [5.41, 5.74) is 0.652. The molecule has 0 N–H and O–H groups in total. The van der Waals surface area contributed by atoms with Gasteiger partial charge in [-0.3, -0.25) is 0 Å². The smallest absolute Gasteiger partial charge is 0.161 e. The van der Waals surface area contributed by atoms with Crippen LogP contribution in [0.1, 0.15) is 105 Å². The number of unbranched alkanes of at least 4 members (excludes halogenated alkanes) is 4. The van der Waals surface area contributed by atoms with Crippen molar-refractivity contribution in [3.63, 3.8) is 0 Å². The molecule has 0 heterocycles. The van der Waals surface area contributed by atoms with Gasteiger partial charge in [-0.15, -0.1) is 0 Å². The first-order valence-electron chi connectivity index (χ1n) is 10.9. The monoisotopic (exact) mass is 358 g/mol. The molecule has 0 atom stereocenters. The minimum atomic E-state index is -0.308. The van der Waals surface area contributed by atoms with Gasteiger partial charge in [0.15, 0.2) is 9.76 Å². The van der Waals surface area contributed by atoms with Crippen LogP contribution >= 0.6 is 0 Å². The summed E-state index contributed by atoms with van der Waals surface area (Å²) in [6.07, 6.45) is 16.9. The van der Waals surface area contributed by atoms with Gasteiger partial charge < -0.3 is 9.16 Å². The van der Waals surface area contributed by atoms with Crippen molar-refractivity contribution in [2.75, 3.05) is 19.8 Å². The molecule has 0 bridgehead atoms. The third-order valence-corrected chi connectivity index (χ3v) is 6.62. The van der Waals surface area contributed by atoms with Crippen LogP contribution in [0, 0.1) is 5.41 Å². The highest BCUT2D eigenvalue weighted by molar-refractivity contribution is 6.26. The van der Waals surface area contributed by atoms with Crippen molar-refractivity contribution in [1.82, 2.24) is 0 Å². The van der Waals surface area contributed by atoms with E-state index in [-0.39, 0.29) is 9.76 Å². The molecule has 0 aromatic carbocycles. The molecule has 3 heteroatoms. The lowest BCUT2D eigenvalue weighted by Crippen LogP contribution is -2.21. The number of ether oxygens (including phenoxy) is 1. The Morgan fingerprint density at radius 2 is 1.21 bits per heavy atom. The van der Waals surface area contributed by atoms with E-state index in [4.69, 9.17) is 9.16 Å². The first kappa shape index (κ1) is 24.1. The van der Waals surface area contributed by atoms with Crippen LogP contribution in [0.4, 0.5) is 0 Å². The van der Waals surface area contributed by atoms with Gasteiger partial charge >= 0.3 is 0 Å². The lowest BCUT2D eigenvalue weighted by atomic mass is 9.71. The maximum atomic E-state index is 5.78. The predicted molar refractivity (Wildman–Crippen MR) is 111 cm³/mol. The highest BCUT2D eigenvalue weighted by atomic mass is 28.2. The fraction of sp³-hybridized carbons (Fsp3) is 1.00. The summed E-state index contributed by atoms with van der Waals surface area (Å²) in [5, 5.41) is 0. The van der Waals surface area contributed by atoms with E-state index in [0.29, 0.717) is 5.41 Å². The van der Waals surface area contributed by atoms with E-state index in [1.54, 1.807) is 0 Å². The van der Waals surface area contributed by atoms with Crippen molar-refractivity contribution >= 4 is 9.76 Å². The van der Waals surface area contributed by atoms with Gasteiger partial charge in [0.05, 0.1) is 13.2 Å². The lowest BCUT2D eigenvalue weighted by molar-refractivity contribution is 0.111. The molecule has 0 aliphatic carbocycles. The van der Waals surface area contributed by atoms with Gasteiger partial charge in [-0.25, -0.2) is 0 Å². The molecule has 0 aliphatic heterocycles. The fourth-order valence-electron chi connectivity index (χ4n) is 3.65. The summed E-state index contributed by atoms with van der Waals surface area (Å²) in [6.45, 7) is 11.5.